The molecule has 2 atom stereocenters. The Morgan fingerprint density at radius 1 is 1.79 bits per heavy atom. The van der Waals surface area contributed by atoms with Gasteiger partial charge < -0.3 is 10.4 Å². The fourth-order valence-corrected chi connectivity index (χ4v) is 3.02. The molecule has 0 spiro atoms. The van der Waals surface area contributed by atoms with E-state index in [0.29, 0.717) is 17.1 Å². The van der Waals surface area contributed by atoms with Gasteiger partial charge in [0.25, 0.3) is 0 Å². The van der Waals surface area contributed by atoms with Gasteiger partial charge in [0.1, 0.15) is 11.1 Å². The van der Waals surface area contributed by atoms with Crippen molar-refractivity contribution in [3.8, 4) is 6.07 Å². The number of hydrogen-bond donors (Lipinski definition) is 2. The van der Waals surface area contributed by atoms with Crippen molar-refractivity contribution in [1.29, 1.82) is 5.26 Å². The largest absolute Gasteiger partial charge is 0.393 e. The summed E-state index contributed by atoms with van der Waals surface area (Å²) in [6.07, 6.45) is 0.600. The molecule has 2 heterocycles. The van der Waals surface area contributed by atoms with Gasteiger partial charge in [-0.2, -0.15) is 5.26 Å². The molecule has 1 amide bonds. The highest BCUT2D eigenvalue weighted by Gasteiger charge is 2.27. The highest BCUT2D eigenvalue weighted by Crippen LogP contribution is 2.23. The molecule has 2 unspecified atom stereocenters. The van der Waals surface area contributed by atoms with Crippen LogP contribution in [0.1, 0.15) is 18.9 Å². The molecule has 1 fully saturated rings. The van der Waals surface area contributed by atoms with E-state index in [0.717, 1.165) is 19.5 Å². The summed E-state index contributed by atoms with van der Waals surface area (Å²) in [5.41, 5.74) is 0.502. The lowest BCUT2D eigenvalue weighted by atomic mass is 10.0. The monoisotopic (exact) mass is 279 g/mol. The van der Waals surface area contributed by atoms with E-state index in [1.54, 1.807) is 18.4 Å². The highest BCUT2D eigenvalue weighted by molar-refractivity contribution is 7.14. The molecule has 2 rings (SSSR count). The first kappa shape index (κ1) is 14.0. The van der Waals surface area contributed by atoms with Gasteiger partial charge in [0.2, 0.25) is 5.91 Å². The SMILES string of the molecule is CC(O)C1CCN(CC(=O)Nc2sccc2C#N)C1. The van der Waals surface area contributed by atoms with Crippen molar-refractivity contribution in [2.24, 2.45) is 5.92 Å². The van der Waals surface area contributed by atoms with Crippen LogP contribution in [0.5, 0.6) is 0 Å². The average Bonchev–Trinajstić information content (AvgIpc) is 2.97. The van der Waals surface area contributed by atoms with E-state index in [9.17, 15) is 9.90 Å². The number of thiophene rings is 1. The number of nitrogens with one attached hydrogen (secondary N) is 1. The van der Waals surface area contributed by atoms with Gasteiger partial charge in [0.05, 0.1) is 18.2 Å². The molecular weight excluding hydrogens is 262 g/mol. The van der Waals surface area contributed by atoms with Crippen molar-refractivity contribution in [2.45, 2.75) is 19.4 Å². The highest BCUT2D eigenvalue weighted by atomic mass is 32.1. The molecule has 102 valence electrons. The van der Waals surface area contributed by atoms with Crippen LogP contribution in [0.25, 0.3) is 0 Å². The van der Waals surface area contributed by atoms with Crippen molar-refractivity contribution < 1.29 is 9.90 Å². The molecule has 0 aliphatic carbocycles. The van der Waals surface area contributed by atoms with Gasteiger partial charge in [0, 0.05) is 6.54 Å². The molecule has 0 bridgehead atoms. The summed E-state index contributed by atoms with van der Waals surface area (Å²) in [6, 6.07) is 3.74. The molecule has 1 aliphatic rings. The van der Waals surface area contributed by atoms with E-state index >= 15 is 0 Å². The first-order chi connectivity index (χ1) is 9.10. The third kappa shape index (κ3) is 3.53. The molecule has 1 aliphatic heterocycles. The summed E-state index contributed by atoms with van der Waals surface area (Å²) >= 11 is 1.35. The maximum Gasteiger partial charge on any atom is 0.239 e. The lowest BCUT2D eigenvalue weighted by molar-refractivity contribution is -0.117. The van der Waals surface area contributed by atoms with Gasteiger partial charge in [-0.1, -0.05) is 0 Å². The molecule has 1 saturated heterocycles. The Balaban J connectivity index is 1.84. The molecule has 0 radical (unpaired) electrons. The fraction of sp³-hybridized carbons (Fsp3) is 0.538. The van der Waals surface area contributed by atoms with Crippen molar-refractivity contribution in [2.75, 3.05) is 25.0 Å². The second kappa shape index (κ2) is 6.15. The molecule has 6 heteroatoms. The van der Waals surface area contributed by atoms with E-state index in [4.69, 9.17) is 5.26 Å². The number of hydrogen-bond acceptors (Lipinski definition) is 5. The summed E-state index contributed by atoms with van der Waals surface area (Å²) < 4.78 is 0. The van der Waals surface area contributed by atoms with Crippen LogP contribution in [0.3, 0.4) is 0 Å². The first-order valence-corrected chi connectivity index (χ1v) is 7.16. The summed E-state index contributed by atoms with van der Waals surface area (Å²) in [6.45, 7) is 3.68. The van der Waals surface area contributed by atoms with E-state index in [1.807, 2.05) is 11.0 Å². The molecule has 1 aromatic heterocycles. The maximum absolute atomic E-state index is 11.9. The van der Waals surface area contributed by atoms with Gasteiger partial charge in [-0.15, -0.1) is 11.3 Å². The second-order valence-corrected chi connectivity index (χ2v) is 5.76. The van der Waals surface area contributed by atoms with Gasteiger partial charge in [-0.05, 0) is 37.3 Å². The fourth-order valence-electron chi connectivity index (χ4n) is 2.26. The van der Waals surface area contributed by atoms with E-state index in [2.05, 4.69) is 5.32 Å². The molecule has 0 saturated carbocycles. The molecule has 1 aromatic rings. The molecular formula is C13H17N3O2S. The van der Waals surface area contributed by atoms with Gasteiger partial charge in [-0.3, -0.25) is 9.69 Å². The summed E-state index contributed by atoms with van der Waals surface area (Å²) in [5.74, 6) is 0.148. The number of likely N-dealkylation sites (tertiary alicyclic amines) is 1. The van der Waals surface area contributed by atoms with Gasteiger partial charge in [0.15, 0.2) is 0 Å². The molecule has 0 aromatic carbocycles. The van der Waals surface area contributed by atoms with Crippen LogP contribution in [0, 0.1) is 17.2 Å². The molecule has 2 N–H and O–H groups in total. The summed E-state index contributed by atoms with van der Waals surface area (Å²) in [7, 11) is 0. The number of amides is 1. The number of rotatable bonds is 4. The quantitative estimate of drug-likeness (QED) is 0.870. The summed E-state index contributed by atoms with van der Waals surface area (Å²) in [5, 5.41) is 23.5. The third-order valence-electron chi connectivity index (χ3n) is 3.40. The zero-order valence-corrected chi connectivity index (χ0v) is 11.6. The van der Waals surface area contributed by atoms with Crippen molar-refractivity contribution in [3.05, 3.63) is 17.0 Å². The zero-order chi connectivity index (χ0) is 13.8. The van der Waals surface area contributed by atoms with Gasteiger partial charge in [-0.25, -0.2) is 0 Å². The smallest absolute Gasteiger partial charge is 0.239 e. The Kier molecular flexibility index (Phi) is 4.53. The van der Waals surface area contributed by atoms with Crippen LogP contribution in [0.4, 0.5) is 5.00 Å². The van der Waals surface area contributed by atoms with E-state index < -0.39 is 0 Å². The third-order valence-corrected chi connectivity index (χ3v) is 4.23. The van der Waals surface area contributed by atoms with Crippen molar-refractivity contribution in [1.82, 2.24) is 4.90 Å². The van der Waals surface area contributed by atoms with Crippen molar-refractivity contribution in [3.63, 3.8) is 0 Å². The lowest BCUT2D eigenvalue weighted by Gasteiger charge is -2.16. The number of nitriles is 1. The minimum absolute atomic E-state index is 0.106. The van der Waals surface area contributed by atoms with Crippen LogP contribution in [0.15, 0.2) is 11.4 Å². The van der Waals surface area contributed by atoms with Crippen LogP contribution in [-0.4, -0.2) is 41.7 Å². The van der Waals surface area contributed by atoms with Crippen LogP contribution >= 0.6 is 11.3 Å². The van der Waals surface area contributed by atoms with Crippen molar-refractivity contribution >= 4 is 22.2 Å². The number of carbonyl (C=O) groups is 1. The topological polar surface area (TPSA) is 76.4 Å². The average molecular weight is 279 g/mol. The standard InChI is InChI=1S/C13H17N3O2S/c1-9(17)11-2-4-16(7-11)8-12(18)15-13-10(6-14)3-5-19-13/h3,5,9,11,17H,2,4,7-8H2,1H3,(H,15,18). The molecule has 5 nitrogen and oxygen atoms in total. The number of aliphatic hydroxyl groups excluding tert-OH is 1. The Hall–Kier alpha value is -1.42. The van der Waals surface area contributed by atoms with Crippen LogP contribution in [-0.2, 0) is 4.79 Å². The normalized spacial score (nSPS) is 21.0. The number of anilines is 1. The lowest BCUT2D eigenvalue weighted by Crippen LogP contribution is -2.32. The first-order valence-electron chi connectivity index (χ1n) is 6.28. The minimum atomic E-state index is -0.324. The Morgan fingerprint density at radius 3 is 3.21 bits per heavy atom. The number of carbonyl (C=O) groups excluding carboxylic acids is 1. The van der Waals surface area contributed by atoms with E-state index in [-0.39, 0.29) is 17.9 Å². The van der Waals surface area contributed by atoms with Crippen LogP contribution < -0.4 is 5.32 Å². The minimum Gasteiger partial charge on any atom is -0.393 e. The number of nitrogens with zero attached hydrogens (tertiary/aromatic N) is 2. The Bertz CT molecular complexity index is 492. The predicted octanol–water partition coefficient (Wildman–Crippen LogP) is 1.26. The Morgan fingerprint density at radius 2 is 2.58 bits per heavy atom. The summed E-state index contributed by atoms with van der Waals surface area (Å²) in [4.78, 5) is 13.9. The number of aliphatic hydroxyl groups is 1. The van der Waals surface area contributed by atoms with Crippen LogP contribution in [0.2, 0.25) is 0 Å². The zero-order valence-electron chi connectivity index (χ0n) is 10.8. The Labute approximate surface area is 116 Å². The maximum atomic E-state index is 11.9. The molecule has 19 heavy (non-hydrogen) atoms. The van der Waals surface area contributed by atoms with E-state index in [1.165, 1.54) is 11.3 Å². The second-order valence-electron chi connectivity index (χ2n) is 4.85. The van der Waals surface area contributed by atoms with Gasteiger partial charge >= 0.3 is 0 Å². The predicted molar refractivity (Wildman–Crippen MR) is 73.9 cm³/mol.